The molecule has 0 saturated heterocycles. The van der Waals surface area contributed by atoms with Crippen LogP contribution in [0, 0.1) is 5.92 Å². The number of Topliss-reactive ketones (excluding diaryl/α,β-unsaturated/α-hetero) is 1. The van der Waals surface area contributed by atoms with Crippen LogP contribution < -0.4 is 16.0 Å². The van der Waals surface area contributed by atoms with Crippen molar-refractivity contribution < 1.29 is 19.2 Å². The van der Waals surface area contributed by atoms with Gasteiger partial charge in [-0.1, -0.05) is 56.3 Å². The first-order valence-corrected chi connectivity index (χ1v) is 9.43. The van der Waals surface area contributed by atoms with E-state index in [1.807, 2.05) is 0 Å². The zero-order valence-corrected chi connectivity index (χ0v) is 16.4. The highest BCUT2D eigenvalue weighted by Gasteiger charge is 2.69. The molecular weight excluding hydrogens is 370 g/mol. The predicted octanol–water partition coefficient (Wildman–Crippen LogP) is 2.61. The largest absolute Gasteiger partial charge is 0.427 e. The molecule has 0 aliphatic carbocycles. The maximum Gasteiger partial charge on any atom is 0.427 e. The minimum absolute atomic E-state index is 0.0785. The van der Waals surface area contributed by atoms with Crippen LogP contribution in [0.4, 0.5) is 10.5 Å². The van der Waals surface area contributed by atoms with Crippen molar-refractivity contribution in [1.82, 2.24) is 4.48 Å². The fourth-order valence-corrected chi connectivity index (χ4v) is 4.66. The van der Waals surface area contributed by atoms with E-state index in [-0.39, 0.29) is 29.9 Å². The Bertz CT molecular complexity index is 1000. The molecule has 29 heavy (non-hydrogen) atoms. The van der Waals surface area contributed by atoms with Crippen LogP contribution in [0.3, 0.4) is 0 Å². The Morgan fingerprint density at radius 2 is 1.52 bits per heavy atom. The lowest BCUT2D eigenvalue weighted by molar-refractivity contribution is -0.144. The molecular formula is C22H24N3O4+. The van der Waals surface area contributed by atoms with E-state index in [1.165, 1.54) is 6.07 Å². The fourth-order valence-electron chi connectivity index (χ4n) is 4.66. The number of carbonyl (C=O) groups excluding carboxylic acids is 4. The fraction of sp³-hybridized carbons (Fsp3) is 0.273. The highest BCUT2D eigenvalue weighted by Crippen LogP contribution is 2.49. The molecule has 1 heterocycles. The van der Waals surface area contributed by atoms with E-state index in [1.54, 1.807) is 62.4 Å². The monoisotopic (exact) mass is 394 g/mol. The molecule has 0 aromatic heterocycles. The Hall–Kier alpha value is -3.32. The van der Waals surface area contributed by atoms with E-state index in [0.29, 0.717) is 5.56 Å². The van der Waals surface area contributed by atoms with E-state index < -0.39 is 33.8 Å². The summed E-state index contributed by atoms with van der Waals surface area (Å²) in [4.78, 5) is 52.7. The van der Waals surface area contributed by atoms with Crippen LogP contribution in [-0.2, 0) is 15.1 Å². The van der Waals surface area contributed by atoms with Crippen molar-refractivity contribution in [3.8, 4) is 0 Å². The molecule has 0 bridgehead atoms. The number of primary amides is 2. The van der Waals surface area contributed by atoms with Gasteiger partial charge in [-0.3, -0.25) is 9.59 Å². The Balaban J connectivity index is 2.59. The summed E-state index contributed by atoms with van der Waals surface area (Å²) in [5.74, 6) is -2.38. The van der Waals surface area contributed by atoms with Crippen LogP contribution in [0.2, 0.25) is 0 Å². The average Bonchev–Trinajstić information content (AvgIpc) is 2.80. The summed E-state index contributed by atoms with van der Waals surface area (Å²) in [6.07, 6.45) is -0.310. The van der Waals surface area contributed by atoms with Gasteiger partial charge in [0.25, 0.3) is 5.91 Å². The van der Waals surface area contributed by atoms with Crippen molar-refractivity contribution in [2.45, 2.75) is 32.2 Å². The molecule has 2 aromatic rings. The number of benzene rings is 2. The van der Waals surface area contributed by atoms with E-state index in [4.69, 9.17) is 11.5 Å². The smallest absolute Gasteiger partial charge is 0.364 e. The average molecular weight is 394 g/mol. The second-order valence-corrected chi connectivity index (χ2v) is 7.49. The summed E-state index contributed by atoms with van der Waals surface area (Å²) in [6, 6.07) is 13.7. The first-order valence-electron chi connectivity index (χ1n) is 9.43. The maximum absolute atomic E-state index is 13.6. The second kappa shape index (κ2) is 7.25. The third-order valence-electron chi connectivity index (χ3n) is 5.79. The molecule has 0 radical (unpaired) electrons. The number of quaternary nitrogens is 1. The molecule has 7 heteroatoms. The summed E-state index contributed by atoms with van der Waals surface area (Å²) >= 11 is 0. The number of para-hydroxylation sites is 1. The molecule has 7 nitrogen and oxygen atoms in total. The van der Waals surface area contributed by atoms with Gasteiger partial charge in [0.15, 0.2) is 11.5 Å². The number of fused-ring (bicyclic) bond motifs is 1. The SMILES string of the molecule is CC(C)C(C(N)=O)(c1ccccc1)[N+]1(C(N)=O)C(=O)CCC(=O)c2ccccc21. The van der Waals surface area contributed by atoms with Gasteiger partial charge < -0.3 is 11.5 Å². The molecule has 4 N–H and O–H groups in total. The van der Waals surface area contributed by atoms with E-state index in [0.717, 1.165) is 0 Å². The summed E-state index contributed by atoms with van der Waals surface area (Å²) in [6.45, 7) is 3.42. The zero-order valence-electron chi connectivity index (χ0n) is 16.4. The third kappa shape index (κ3) is 2.61. The van der Waals surface area contributed by atoms with Crippen LogP contribution in [-0.4, -0.2) is 23.6 Å². The van der Waals surface area contributed by atoms with Crippen molar-refractivity contribution in [2.24, 2.45) is 17.4 Å². The first kappa shape index (κ1) is 20.4. The minimum Gasteiger partial charge on any atom is -0.364 e. The second-order valence-electron chi connectivity index (χ2n) is 7.49. The summed E-state index contributed by atoms with van der Waals surface area (Å²) < 4.78 is -1.15. The Morgan fingerprint density at radius 3 is 2.07 bits per heavy atom. The van der Waals surface area contributed by atoms with E-state index in [2.05, 4.69) is 0 Å². The molecule has 1 aliphatic rings. The highest BCUT2D eigenvalue weighted by molar-refractivity contribution is 6.19. The van der Waals surface area contributed by atoms with Crippen molar-refractivity contribution in [3.63, 3.8) is 0 Å². The van der Waals surface area contributed by atoms with Gasteiger partial charge in [-0.15, -0.1) is 4.48 Å². The number of nitrogens with two attached hydrogens (primary N) is 2. The van der Waals surface area contributed by atoms with Gasteiger partial charge in [-0.25, -0.2) is 9.59 Å². The minimum atomic E-state index is -1.83. The Labute approximate surface area is 168 Å². The Kier molecular flexibility index (Phi) is 5.11. The topological polar surface area (TPSA) is 120 Å². The number of imide groups is 1. The van der Waals surface area contributed by atoms with Crippen molar-refractivity contribution in [2.75, 3.05) is 0 Å². The first-order chi connectivity index (χ1) is 13.7. The zero-order chi connectivity index (χ0) is 21.4. The number of hydrogen-bond donors (Lipinski definition) is 2. The van der Waals surface area contributed by atoms with Gasteiger partial charge in [0.1, 0.15) is 0 Å². The number of hydrogen-bond acceptors (Lipinski definition) is 4. The lowest BCUT2D eigenvalue weighted by Gasteiger charge is -2.48. The summed E-state index contributed by atoms with van der Waals surface area (Å²) in [5.41, 5.74) is 10.7. The lowest BCUT2D eigenvalue weighted by atomic mass is 9.74. The van der Waals surface area contributed by atoms with Gasteiger partial charge in [0, 0.05) is 24.0 Å². The molecule has 3 rings (SSSR count). The number of nitrogens with zero attached hydrogens (tertiary/aromatic N) is 1. The van der Waals surface area contributed by atoms with Gasteiger partial charge in [-0.2, -0.15) is 0 Å². The number of ketones is 1. The molecule has 2 aromatic carbocycles. The molecule has 2 unspecified atom stereocenters. The number of urea groups is 1. The number of amides is 4. The quantitative estimate of drug-likeness (QED) is 0.774. The molecule has 0 fully saturated rings. The van der Waals surface area contributed by atoms with E-state index in [9.17, 15) is 19.2 Å². The van der Waals surface area contributed by atoms with Crippen LogP contribution >= 0.6 is 0 Å². The molecule has 0 saturated carbocycles. The van der Waals surface area contributed by atoms with Gasteiger partial charge in [0.2, 0.25) is 5.54 Å². The van der Waals surface area contributed by atoms with Crippen molar-refractivity contribution in [3.05, 3.63) is 65.7 Å². The maximum atomic E-state index is 13.6. The Morgan fingerprint density at radius 1 is 0.931 bits per heavy atom. The standard InChI is InChI=1S/C22H23N3O4/c1-14(2)22(20(23)28,15-8-4-3-5-9-15)25(21(24)29)17-11-7-6-10-16(17)18(26)12-13-19(25)27/h3-11,14H,12-13H2,1-2H3,(H3-,23,24,28,29)/p+1. The molecule has 2 atom stereocenters. The molecule has 1 aliphatic heterocycles. The van der Waals surface area contributed by atoms with Gasteiger partial charge in [-0.05, 0) is 6.07 Å². The number of rotatable bonds is 4. The third-order valence-corrected chi connectivity index (χ3v) is 5.79. The van der Waals surface area contributed by atoms with Crippen LogP contribution in [0.1, 0.15) is 42.6 Å². The van der Waals surface area contributed by atoms with Gasteiger partial charge >= 0.3 is 11.9 Å². The predicted molar refractivity (Wildman–Crippen MR) is 109 cm³/mol. The van der Waals surface area contributed by atoms with E-state index >= 15 is 0 Å². The summed E-state index contributed by atoms with van der Waals surface area (Å²) in [5, 5.41) is 0. The van der Waals surface area contributed by atoms with Crippen LogP contribution in [0.15, 0.2) is 54.6 Å². The normalized spacial score (nSPS) is 21.2. The summed E-state index contributed by atoms with van der Waals surface area (Å²) in [7, 11) is 0. The van der Waals surface area contributed by atoms with Crippen LogP contribution in [0.25, 0.3) is 0 Å². The highest BCUT2D eigenvalue weighted by atomic mass is 16.2. The molecule has 0 spiro atoms. The molecule has 4 amide bonds. The lowest BCUT2D eigenvalue weighted by Crippen LogP contribution is -2.77. The van der Waals surface area contributed by atoms with Crippen LogP contribution in [0.5, 0.6) is 0 Å². The van der Waals surface area contributed by atoms with Crippen molar-refractivity contribution in [1.29, 1.82) is 0 Å². The number of carbonyl (C=O) groups is 4. The van der Waals surface area contributed by atoms with Gasteiger partial charge in [0.05, 0.1) is 12.0 Å². The molecule has 150 valence electrons. The van der Waals surface area contributed by atoms with Crippen molar-refractivity contribution >= 4 is 29.3 Å².